The van der Waals surface area contributed by atoms with Crippen LogP contribution in [0.4, 0.5) is 0 Å². The van der Waals surface area contributed by atoms with Gasteiger partial charge < -0.3 is 10.4 Å². The van der Waals surface area contributed by atoms with Crippen molar-refractivity contribution in [1.29, 1.82) is 0 Å². The van der Waals surface area contributed by atoms with Crippen molar-refractivity contribution >= 4 is 11.8 Å². The monoisotopic (exact) mass is 172 g/mol. The van der Waals surface area contributed by atoms with E-state index in [1.165, 1.54) is 0 Å². The van der Waals surface area contributed by atoms with Gasteiger partial charge in [-0.25, -0.2) is 4.79 Å². The van der Waals surface area contributed by atoms with Gasteiger partial charge in [0, 0.05) is 12.1 Å². The highest BCUT2D eigenvalue weighted by Gasteiger charge is 2.10. The van der Waals surface area contributed by atoms with E-state index in [2.05, 4.69) is 10.3 Å². The van der Waals surface area contributed by atoms with E-state index in [1.54, 1.807) is 0 Å². The lowest BCUT2D eigenvalue weighted by molar-refractivity contribution is -0.129. The molecule has 0 saturated carbocycles. The number of nitrogens with one attached hydrogen (secondary N) is 1. The third-order valence-electron chi connectivity index (χ3n) is 1.02. The van der Waals surface area contributed by atoms with Crippen LogP contribution in [0, 0.1) is 0 Å². The normalized spacial score (nSPS) is 12.3. The van der Waals surface area contributed by atoms with Gasteiger partial charge in [-0.3, -0.25) is 4.99 Å². The number of nitrogens with zero attached hydrogens (tertiary/aromatic N) is 1. The molecule has 0 aromatic carbocycles. The summed E-state index contributed by atoms with van der Waals surface area (Å²) >= 11 is 0. The molecule has 0 aliphatic heterocycles. The maximum absolute atomic E-state index is 10.6. The summed E-state index contributed by atoms with van der Waals surface area (Å²) in [6.07, 6.45) is 0. The molecule has 0 aliphatic carbocycles. The Kier molecular flexibility index (Phi) is 4.33. The van der Waals surface area contributed by atoms with Crippen molar-refractivity contribution in [2.24, 2.45) is 4.99 Å². The lowest BCUT2D eigenvalue weighted by atomic mass is 10.3. The Balaban J connectivity index is 4.34. The van der Waals surface area contributed by atoms with Gasteiger partial charge in [0.25, 0.3) is 0 Å². The van der Waals surface area contributed by atoms with E-state index in [4.69, 9.17) is 5.11 Å². The van der Waals surface area contributed by atoms with Crippen LogP contribution in [-0.2, 0) is 4.79 Å². The predicted octanol–water partition coefficient (Wildman–Crippen LogP) is 0.876. The van der Waals surface area contributed by atoms with E-state index in [0.29, 0.717) is 0 Å². The number of hydrogen-bond acceptors (Lipinski definition) is 2. The smallest absolute Gasteiger partial charge is 0.371 e. The van der Waals surface area contributed by atoms with Gasteiger partial charge in [0.05, 0.1) is 0 Å². The Hall–Kier alpha value is -1.06. The number of carboxylic acid groups (broad SMARTS) is 1. The van der Waals surface area contributed by atoms with Crippen molar-refractivity contribution in [3.8, 4) is 0 Å². The number of rotatable bonds is 2. The molecule has 0 fully saturated rings. The molecule has 0 spiro atoms. The van der Waals surface area contributed by atoms with Crippen LogP contribution >= 0.6 is 0 Å². The van der Waals surface area contributed by atoms with Crippen LogP contribution in [0.15, 0.2) is 4.99 Å². The standard InChI is InChI=1S/C8H16N2O2/c1-5(2)9-7(8(11)12)10-6(3)4/h5-6H,1-4H3,(H,9,10)(H,11,12). The lowest BCUT2D eigenvalue weighted by Crippen LogP contribution is -2.36. The molecule has 12 heavy (non-hydrogen) atoms. The summed E-state index contributed by atoms with van der Waals surface area (Å²) in [5.41, 5.74) is 0. The van der Waals surface area contributed by atoms with Crippen molar-refractivity contribution in [3.05, 3.63) is 0 Å². The van der Waals surface area contributed by atoms with Gasteiger partial charge >= 0.3 is 5.97 Å². The van der Waals surface area contributed by atoms with Crippen LogP contribution in [0.2, 0.25) is 0 Å². The number of aliphatic imine (C=N–C) groups is 1. The zero-order chi connectivity index (χ0) is 9.72. The van der Waals surface area contributed by atoms with E-state index < -0.39 is 5.97 Å². The second kappa shape index (κ2) is 4.74. The Labute approximate surface area is 72.7 Å². The summed E-state index contributed by atoms with van der Waals surface area (Å²) in [4.78, 5) is 14.5. The fourth-order valence-corrected chi connectivity index (χ4v) is 0.686. The minimum atomic E-state index is -1.00. The number of hydrogen-bond donors (Lipinski definition) is 2. The molecule has 0 heterocycles. The maximum atomic E-state index is 10.6. The molecule has 0 amide bonds. The van der Waals surface area contributed by atoms with Gasteiger partial charge in [-0.2, -0.15) is 0 Å². The van der Waals surface area contributed by atoms with Crippen molar-refractivity contribution in [2.75, 3.05) is 0 Å². The quantitative estimate of drug-likeness (QED) is 0.480. The maximum Gasteiger partial charge on any atom is 0.371 e. The van der Waals surface area contributed by atoms with Crippen molar-refractivity contribution in [1.82, 2.24) is 5.32 Å². The molecule has 4 heteroatoms. The molecule has 0 aromatic heterocycles. The molecule has 0 radical (unpaired) electrons. The fourth-order valence-electron chi connectivity index (χ4n) is 0.686. The van der Waals surface area contributed by atoms with E-state index in [-0.39, 0.29) is 17.9 Å². The van der Waals surface area contributed by atoms with Crippen molar-refractivity contribution in [3.63, 3.8) is 0 Å². The first kappa shape index (κ1) is 10.9. The fraction of sp³-hybridized carbons (Fsp3) is 0.750. The lowest BCUT2D eigenvalue weighted by Gasteiger charge is -2.10. The number of amidine groups is 1. The predicted molar refractivity (Wildman–Crippen MR) is 48.5 cm³/mol. The first-order chi connectivity index (χ1) is 5.43. The van der Waals surface area contributed by atoms with Crippen LogP contribution in [0.3, 0.4) is 0 Å². The van der Waals surface area contributed by atoms with E-state index in [0.717, 1.165) is 0 Å². The second-order valence-corrected chi connectivity index (χ2v) is 3.18. The zero-order valence-electron chi connectivity index (χ0n) is 7.96. The molecule has 4 nitrogen and oxygen atoms in total. The van der Waals surface area contributed by atoms with Crippen LogP contribution in [-0.4, -0.2) is 29.0 Å². The van der Waals surface area contributed by atoms with E-state index in [1.807, 2.05) is 27.7 Å². The summed E-state index contributed by atoms with van der Waals surface area (Å²) < 4.78 is 0. The first-order valence-electron chi connectivity index (χ1n) is 4.01. The second-order valence-electron chi connectivity index (χ2n) is 3.18. The molecule has 0 aliphatic rings. The molecule has 0 bridgehead atoms. The largest absolute Gasteiger partial charge is 0.475 e. The van der Waals surface area contributed by atoms with Crippen LogP contribution < -0.4 is 5.32 Å². The summed E-state index contributed by atoms with van der Waals surface area (Å²) in [7, 11) is 0. The third-order valence-corrected chi connectivity index (χ3v) is 1.02. The van der Waals surface area contributed by atoms with Gasteiger partial charge in [-0.15, -0.1) is 0 Å². The average molecular weight is 172 g/mol. The van der Waals surface area contributed by atoms with Crippen molar-refractivity contribution in [2.45, 2.75) is 39.8 Å². The third kappa shape index (κ3) is 4.71. The Bertz CT molecular complexity index is 185. The highest BCUT2D eigenvalue weighted by molar-refractivity contribution is 6.34. The number of carboxylic acids is 1. The highest BCUT2D eigenvalue weighted by Crippen LogP contribution is 1.89. The van der Waals surface area contributed by atoms with E-state index in [9.17, 15) is 4.79 Å². The van der Waals surface area contributed by atoms with Gasteiger partial charge in [0.1, 0.15) is 0 Å². The SMILES string of the molecule is CC(C)N=C(NC(C)C)C(=O)O. The first-order valence-corrected chi connectivity index (χ1v) is 4.01. The molecule has 0 aromatic rings. The van der Waals surface area contributed by atoms with Crippen LogP contribution in [0.25, 0.3) is 0 Å². The average Bonchev–Trinajstić information content (AvgIpc) is 1.83. The van der Waals surface area contributed by atoms with E-state index >= 15 is 0 Å². The zero-order valence-corrected chi connectivity index (χ0v) is 7.96. The molecule has 0 atom stereocenters. The van der Waals surface area contributed by atoms with Crippen LogP contribution in [0.1, 0.15) is 27.7 Å². The molecular formula is C8H16N2O2. The number of carbonyl (C=O) groups is 1. The summed E-state index contributed by atoms with van der Waals surface area (Å²) in [5.74, 6) is -0.961. The van der Waals surface area contributed by atoms with Crippen LogP contribution in [0.5, 0.6) is 0 Å². The molecule has 0 rings (SSSR count). The number of aliphatic carboxylic acids is 1. The molecular weight excluding hydrogens is 156 g/mol. The Morgan fingerprint density at radius 2 is 1.83 bits per heavy atom. The molecule has 0 saturated heterocycles. The topological polar surface area (TPSA) is 61.7 Å². The summed E-state index contributed by atoms with van der Waals surface area (Å²) in [6, 6.07) is 0.0981. The minimum Gasteiger partial charge on any atom is -0.475 e. The van der Waals surface area contributed by atoms with Gasteiger partial charge in [0.2, 0.25) is 5.84 Å². The highest BCUT2D eigenvalue weighted by atomic mass is 16.4. The molecule has 0 unspecified atom stereocenters. The molecule has 70 valence electrons. The summed E-state index contributed by atoms with van der Waals surface area (Å²) in [5, 5.41) is 11.4. The van der Waals surface area contributed by atoms with Gasteiger partial charge in [0.15, 0.2) is 0 Å². The Morgan fingerprint density at radius 3 is 2.08 bits per heavy atom. The molecule has 2 N–H and O–H groups in total. The minimum absolute atomic E-state index is 0.00218. The summed E-state index contributed by atoms with van der Waals surface area (Å²) in [6.45, 7) is 7.42. The van der Waals surface area contributed by atoms with Crippen molar-refractivity contribution < 1.29 is 9.90 Å². The van der Waals surface area contributed by atoms with Gasteiger partial charge in [-0.05, 0) is 27.7 Å². The Morgan fingerprint density at radius 1 is 1.33 bits per heavy atom. The van der Waals surface area contributed by atoms with Gasteiger partial charge in [-0.1, -0.05) is 0 Å².